The second kappa shape index (κ2) is 5.10. The largest absolute Gasteiger partial charge is 0.314 e. The van der Waals surface area contributed by atoms with Crippen molar-refractivity contribution in [3.8, 4) is 0 Å². The van der Waals surface area contributed by atoms with Gasteiger partial charge >= 0.3 is 0 Å². The minimum atomic E-state index is -2.76. The van der Waals surface area contributed by atoms with E-state index in [2.05, 4.69) is 10.2 Å². The van der Waals surface area contributed by atoms with Gasteiger partial charge < -0.3 is 5.32 Å². The summed E-state index contributed by atoms with van der Waals surface area (Å²) in [5.74, 6) is 1.51. The van der Waals surface area contributed by atoms with Gasteiger partial charge in [-0.3, -0.25) is 4.90 Å². The van der Waals surface area contributed by atoms with Gasteiger partial charge in [0.25, 0.3) is 0 Å². The van der Waals surface area contributed by atoms with Crippen molar-refractivity contribution in [2.75, 3.05) is 31.1 Å². The maximum atomic E-state index is 11.6. The molecule has 0 spiro atoms. The van der Waals surface area contributed by atoms with E-state index in [-0.39, 0.29) is 0 Å². The molecule has 2 aliphatic carbocycles. The van der Waals surface area contributed by atoms with Crippen molar-refractivity contribution in [2.24, 2.45) is 5.92 Å². The molecule has 1 heterocycles. The standard InChI is InChI=1S/C13H24N2O2S/c16-18(17)8-1-6-15(7-9-18)13-5-2-11(13)10-14-12-3-4-12/h11-14H,1-10H2. The summed E-state index contributed by atoms with van der Waals surface area (Å²) >= 11 is 0. The molecule has 0 aromatic carbocycles. The predicted molar refractivity (Wildman–Crippen MR) is 72.4 cm³/mol. The third-order valence-corrected chi connectivity index (χ3v) is 6.40. The Morgan fingerprint density at radius 2 is 1.89 bits per heavy atom. The molecule has 1 aliphatic heterocycles. The molecule has 2 unspecified atom stereocenters. The van der Waals surface area contributed by atoms with Gasteiger partial charge in [0.15, 0.2) is 9.84 Å². The molecule has 0 radical (unpaired) electrons. The molecule has 4 nitrogen and oxygen atoms in total. The Kier molecular flexibility index (Phi) is 3.65. The molecule has 104 valence electrons. The molecule has 1 saturated heterocycles. The number of hydrogen-bond acceptors (Lipinski definition) is 4. The monoisotopic (exact) mass is 272 g/mol. The Labute approximate surface area is 110 Å². The minimum Gasteiger partial charge on any atom is -0.314 e. The molecule has 3 rings (SSSR count). The van der Waals surface area contributed by atoms with Crippen LogP contribution in [0.15, 0.2) is 0 Å². The lowest BCUT2D eigenvalue weighted by Gasteiger charge is -2.44. The summed E-state index contributed by atoms with van der Waals surface area (Å²) in [6.07, 6.45) is 6.09. The Morgan fingerprint density at radius 1 is 1.06 bits per heavy atom. The van der Waals surface area contributed by atoms with E-state index in [9.17, 15) is 8.42 Å². The van der Waals surface area contributed by atoms with Gasteiger partial charge in [-0.15, -0.1) is 0 Å². The van der Waals surface area contributed by atoms with Crippen LogP contribution in [0.3, 0.4) is 0 Å². The zero-order chi connectivity index (χ0) is 12.6. The van der Waals surface area contributed by atoms with E-state index >= 15 is 0 Å². The van der Waals surface area contributed by atoms with Crippen molar-refractivity contribution >= 4 is 9.84 Å². The fraction of sp³-hybridized carbons (Fsp3) is 1.00. The van der Waals surface area contributed by atoms with E-state index in [1.165, 1.54) is 25.7 Å². The van der Waals surface area contributed by atoms with Gasteiger partial charge in [-0.25, -0.2) is 8.42 Å². The Morgan fingerprint density at radius 3 is 2.56 bits per heavy atom. The SMILES string of the molecule is O=S1(=O)CCCN(C2CCC2CNC2CC2)CC1. The number of sulfone groups is 1. The summed E-state index contributed by atoms with van der Waals surface area (Å²) in [5.41, 5.74) is 0. The third-order valence-electron chi connectivity index (χ3n) is 4.68. The molecule has 3 fully saturated rings. The van der Waals surface area contributed by atoms with Crippen molar-refractivity contribution < 1.29 is 8.42 Å². The van der Waals surface area contributed by atoms with Gasteiger partial charge in [-0.2, -0.15) is 0 Å². The first-order chi connectivity index (χ1) is 8.64. The molecular weight excluding hydrogens is 248 g/mol. The van der Waals surface area contributed by atoms with E-state index in [0.29, 0.717) is 17.5 Å². The summed E-state index contributed by atoms with van der Waals surface area (Å²) in [5, 5.41) is 3.61. The fourth-order valence-electron chi connectivity index (χ4n) is 3.17. The maximum absolute atomic E-state index is 11.6. The lowest BCUT2D eigenvalue weighted by atomic mass is 9.78. The van der Waals surface area contributed by atoms with Crippen molar-refractivity contribution in [1.82, 2.24) is 10.2 Å². The summed E-state index contributed by atoms with van der Waals surface area (Å²) < 4.78 is 23.2. The third kappa shape index (κ3) is 3.06. The molecule has 2 saturated carbocycles. The molecule has 1 N–H and O–H groups in total. The Balaban J connectivity index is 1.50. The van der Waals surface area contributed by atoms with E-state index in [0.717, 1.165) is 38.0 Å². The molecular formula is C13H24N2O2S. The number of hydrogen-bond donors (Lipinski definition) is 1. The molecule has 2 atom stereocenters. The van der Waals surface area contributed by atoms with Crippen LogP contribution in [0.1, 0.15) is 32.1 Å². The Bertz CT molecular complexity index is 392. The summed E-state index contributed by atoms with van der Waals surface area (Å²) in [7, 11) is -2.76. The lowest BCUT2D eigenvalue weighted by Crippen LogP contribution is -2.51. The molecule has 18 heavy (non-hydrogen) atoms. The quantitative estimate of drug-likeness (QED) is 0.816. The second-order valence-electron chi connectivity index (χ2n) is 6.13. The van der Waals surface area contributed by atoms with Gasteiger partial charge in [-0.1, -0.05) is 0 Å². The second-order valence-corrected chi connectivity index (χ2v) is 8.43. The van der Waals surface area contributed by atoms with Crippen LogP contribution >= 0.6 is 0 Å². The van der Waals surface area contributed by atoms with E-state index in [1.807, 2.05) is 0 Å². The normalized spacial score (nSPS) is 36.9. The maximum Gasteiger partial charge on any atom is 0.151 e. The van der Waals surface area contributed by atoms with Gasteiger partial charge in [0, 0.05) is 18.6 Å². The van der Waals surface area contributed by atoms with Crippen LogP contribution in [0.2, 0.25) is 0 Å². The van der Waals surface area contributed by atoms with E-state index < -0.39 is 9.84 Å². The van der Waals surface area contributed by atoms with Crippen LogP contribution in [0, 0.1) is 5.92 Å². The van der Waals surface area contributed by atoms with Crippen LogP contribution in [0.25, 0.3) is 0 Å². The minimum absolute atomic E-state index is 0.367. The van der Waals surface area contributed by atoms with Crippen molar-refractivity contribution in [1.29, 1.82) is 0 Å². The molecule has 3 aliphatic rings. The average molecular weight is 272 g/mol. The predicted octanol–water partition coefficient (Wildman–Crippen LogP) is 0.638. The first-order valence-electron chi connectivity index (χ1n) is 7.32. The average Bonchev–Trinajstić information content (AvgIpc) is 3.07. The summed E-state index contributed by atoms with van der Waals surface area (Å²) in [6, 6.07) is 1.43. The summed E-state index contributed by atoms with van der Waals surface area (Å²) in [4.78, 5) is 2.44. The highest BCUT2D eigenvalue weighted by Crippen LogP contribution is 2.33. The molecule has 5 heteroatoms. The van der Waals surface area contributed by atoms with Crippen LogP contribution < -0.4 is 5.32 Å². The molecule has 0 bridgehead atoms. The van der Waals surface area contributed by atoms with Gasteiger partial charge in [-0.05, 0) is 51.1 Å². The van der Waals surface area contributed by atoms with Crippen molar-refractivity contribution in [2.45, 2.75) is 44.2 Å². The van der Waals surface area contributed by atoms with Gasteiger partial charge in [0.05, 0.1) is 11.5 Å². The van der Waals surface area contributed by atoms with Crippen LogP contribution in [0.5, 0.6) is 0 Å². The van der Waals surface area contributed by atoms with Crippen LogP contribution in [-0.4, -0.2) is 56.5 Å². The Hall–Kier alpha value is -0.130. The van der Waals surface area contributed by atoms with Crippen molar-refractivity contribution in [3.63, 3.8) is 0 Å². The van der Waals surface area contributed by atoms with Crippen LogP contribution in [-0.2, 0) is 9.84 Å². The molecule has 0 aromatic rings. The smallest absolute Gasteiger partial charge is 0.151 e. The fourth-order valence-corrected chi connectivity index (χ4v) is 4.45. The van der Waals surface area contributed by atoms with Crippen LogP contribution in [0.4, 0.5) is 0 Å². The highest BCUT2D eigenvalue weighted by molar-refractivity contribution is 7.91. The zero-order valence-electron chi connectivity index (χ0n) is 11.0. The molecule has 0 amide bonds. The van der Waals surface area contributed by atoms with Gasteiger partial charge in [0.2, 0.25) is 0 Å². The van der Waals surface area contributed by atoms with E-state index in [1.54, 1.807) is 0 Å². The lowest BCUT2D eigenvalue weighted by molar-refractivity contribution is 0.0680. The molecule has 0 aromatic heterocycles. The first-order valence-corrected chi connectivity index (χ1v) is 9.14. The number of rotatable bonds is 4. The summed E-state index contributed by atoms with van der Waals surface area (Å²) in [6.45, 7) is 2.87. The first kappa shape index (κ1) is 12.9. The van der Waals surface area contributed by atoms with Crippen molar-refractivity contribution in [3.05, 3.63) is 0 Å². The van der Waals surface area contributed by atoms with E-state index in [4.69, 9.17) is 0 Å². The van der Waals surface area contributed by atoms with Gasteiger partial charge in [0.1, 0.15) is 0 Å². The highest BCUT2D eigenvalue weighted by atomic mass is 32.2. The zero-order valence-corrected chi connectivity index (χ0v) is 11.8. The number of nitrogens with zero attached hydrogens (tertiary/aromatic N) is 1. The number of nitrogens with one attached hydrogen (secondary N) is 1. The topological polar surface area (TPSA) is 49.4 Å². The highest BCUT2D eigenvalue weighted by Gasteiger charge is 2.37.